The average Bonchev–Trinajstić information content (AvgIpc) is 2.18. The summed E-state index contributed by atoms with van der Waals surface area (Å²) in [5.41, 5.74) is -0.143. The third kappa shape index (κ3) is 2.58. The zero-order valence-corrected chi connectivity index (χ0v) is 10.8. The van der Waals surface area contributed by atoms with E-state index in [0.29, 0.717) is 11.8 Å². The van der Waals surface area contributed by atoms with Crippen LogP contribution in [0.2, 0.25) is 0 Å². The quantitative estimate of drug-likeness (QED) is 0.796. The smallest absolute Gasteiger partial charge is 0.225 e. The molecule has 0 atom stereocenters. The van der Waals surface area contributed by atoms with Crippen molar-refractivity contribution in [3.63, 3.8) is 0 Å². The van der Waals surface area contributed by atoms with E-state index >= 15 is 0 Å². The lowest BCUT2D eigenvalue weighted by Gasteiger charge is -2.33. The fourth-order valence-corrected chi connectivity index (χ4v) is 1.22. The molecule has 0 amide bonds. The fourth-order valence-electron chi connectivity index (χ4n) is 0.839. The minimum Gasteiger partial charge on any atom is -0.338 e. The summed E-state index contributed by atoms with van der Waals surface area (Å²) in [6.07, 6.45) is 3.45. The number of aromatic nitrogens is 2. The number of rotatable bonds is 3. The topological polar surface area (TPSA) is 29.0 Å². The van der Waals surface area contributed by atoms with Gasteiger partial charge in [0.25, 0.3) is 0 Å². The van der Waals surface area contributed by atoms with E-state index in [1.165, 1.54) is 0 Å². The Bertz CT molecular complexity index is 299. The molecule has 0 aliphatic heterocycles. The first-order valence-electron chi connectivity index (χ1n) is 4.25. The minimum absolute atomic E-state index is 0.143. The average molecular weight is 279 g/mol. The highest BCUT2D eigenvalue weighted by atomic mass is 79.9. The first-order valence-corrected chi connectivity index (χ1v) is 5.57. The molecule has 1 aromatic heterocycles. The molecule has 3 nitrogen and oxygen atoms in total. The Hall–Kier alpha value is -0.350. The van der Waals surface area contributed by atoms with Gasteiger partial charge in [-0.3, -0.25) is 0 Å². The lowest BCUT2D eigenvalue weighted by Crippen LogP contribution is -2.43. The van der Waals surface area contributed by atoms with E-state index in [0.717, 1.165) is 4.47 Å². The molecule has 78 valence electrons. The molecule has 0 saturated carbocycles. The van der Waals surface area contributed by atoms with Crippen molar-refractivity contribution in [2.24, 2.45) is 0 Å². The zero-order valence-electron chi connectivity index (χ0n) is 8.46. The fraction of sp³-hybridized carbons (Fsp3) is 0.556. The summed E-state index contributed by atoms with van der Waals surface area (Å²) in [6.45, 7) is 4.09. The Morgan fingerprint density at radius 3 is 2.36 bits per heavy atom. The van der Waals surface area contributed by atoms with E-state index in [4.69, 9.17) is 11.6 Å². The molecule has 0 aromatic carbocycles. The van der Waals surface area contributed by atoms with E-state index in [1.54, 1.807) is 12.4 Å². The molecular weight excluding hydrogens is 265 g/mol. The van der Waals surface area contributed by atoms with Crippen molar-refractivity contribution in [1.82, 2.24) is 9.97 Å². The lowest BCUT2D eigenvalue weighted by molar-refractivity contribution is 0.534. The molecule has 0 saturated heterocycles. The number of alkyl halides is 1. The third-order valence-electron chi connectivity index (χ3n) is 2.14. The van der Waals surface area contributed by atoms with Crippen LogP contribution < -0.4 is 4.90 Å². The van der Waals surface area contributed by atoms with Crippen LogP contribution in [0.3, 0.4) is 0 Å². The third-order valence-corrected chi connectivity index (χ3v) is 3.21. The van der Waals surface area contributed by atoms with Gasteiger partial charge in [-0.1, -0.05) is 0 Å². The maximum absolute atomic E-state index is 5.86. The molecule has 0 N–H and O–H groups in total. The Balaban J connectivity index is 2.89. The summed E-state index contributed by atoms with van der Waals surface area (Å²) >= 11 is 9.16. The van der Waals surface area contributed by atoms with Crippen LogP contribution in [0, 0.1) is 0 Å². The Morgan fingerprint density at radius 1 is 1.43 bits per heavy atom. The summed E-state index contributed by atoms with van der Waals surface area (Å²) in [4.78, 5) is 10.4. The van der Waals surface area contributed by atoms with Crippen molar-refractivity contribution >= 4 is 33.5 Å². The highest BCUT2D eigenvalue weighted by Crippen LogP contribution is 2.20. The van der Waals surface area contributed by atoms with Crippen LogP contribution in [0.4, 0.5) is 5.95 Å². The highest BCUT2D eigenvalue weighted by molar-refractivity contribution is 9.10. The van der Waals surface area contributed by atoms with E-state index in [2.05, 4.69) is 25.9 Å². The molecule has 0 radical (unpaired) electrons. The Labute approximate surface area is 97.6 Å². The van der Waals surface area contributed by atoms with E-state index in [-0.39, 0.29) is 5.54 Å². The molecule has 0 bridgehead atoms. The summed E-state index contributed by atoms with van der Waals surface area (Å²) in [5.74, 6) is 1.21. The van der Waals surface area contributed by atoms with Crippen LogP contribution in [0.15, 0.2) is 16.9 Å². The monoisotopic (exact) mass is 277 g/mol. The van der Waals surface area contributed by atoms with Crippen molar-refractivity contribution in [2.45, 2.75) is 19.4 Å². The van der Waals surface area contributed by atoms with Gasteiger partial charge in [0.2, 0.25) is 5.95 Å². The van der Waals surface area contributed by atoms with Gasteiger partial charge in [-0.25, -0.2) is 9.97 Å². The van der Waals surface area contributed by atoms with Crippen LogP contribution in [0.1, 0.15) is 13.8 Å². The lowest BCUT2D eigenvalue weighted by atomic mass is 10.1. The molecule has 0 aliphatic carbocycles. The maximum atomic E-state index is 5.86. The normalized spacial score (nSPS) is 11.5. The standard InChI is InChI=1S/C9H13BrClN3/c1-9(2,6-11)14(3)8-12-4-7(10)5-13-8/h4-5H,6H2,1-3H3. The summed E-state index contributed by atoms with van der Waals surface area (Å²) in [7, 11) is 1.94. The van der Waals surface area contributed by atoms with E-state index in [1.807, 2.05) is 25.8 Å². The van der Waals surface area contributed by atoms with Crippen LogP contribution in [0.25, 0.3) is 0 Å². The minimum atomic E-state index is -0.143. The number of anilines is 1. The maximum Gasteiger partial charge on any atom is 0.225 e. The molecule has 0 spiro atoms. The van der Waals surface area contributed by atoms with Gasteiger partial charge in [0.05, 0.1) is 10.0 Å². The van der Waals surface area contributed by atoms with Crippen LogP contribution in [0.5, 0.6) is 0 Å². The van der Waals surface area contributed by atoms with Crippen molar-refractivity contribution < 1.29 is 0 Å². The van der Waals surface area contributed by atoms with E-state index < -0.39 is 0 Å². The van der Waals surface area contributed by atoms with Gasteiger partial charge >= 0.3 is 0 Å². The van der Waals surface area contributed by atoms with Gasteiger partial charge in [0.1, 0.15) is 0 Å². The largest absolute Gasteiger partial charge is 0.338 e. The second kappa shape index (κ2) is 4.45. The summed E-state index contributed by atoms with van der Waals surface area (Å²) in [5, 5.41) is 0. The zero-order chi connectivity index (χ0) is 10.8. The van der Waals surface area contributed by atoms with Gasteiger partial charge in [0, 0.05) is 25.3 Å². The van der Waals surface area contributed by atoms with Crippen molar-refractivity contribution in [1.29, 1.82) is 0 Å². The van der Waals surface area contributed by atoms with Gasteiger partial charge in [-0.15, -0.1) is 11.6 Å². The van der Waals surface area contributed by atoms with Gasteiger partial charge in [-0.05, 0) is 29.8 Å². The first-order chi connectivity index (χ1) is 6.47. The molecule has 0 aliphatic rings. The van der Waals surface area contributed by atoms with Crippen molar-refractivity contribution in [3.8, 4) is 0 Å². The molecule has 0 unspecified atom stereocenters. The molecule has 5 heteroatoms. The van der Waals surface area contributed by atoms with Crippen molar-refractivity contribution in [2.75, 3.05) is 17.8 Å². The summed E-state index contributed by atoms with van der Waals surface area (Å²) in [6, 6.07) is 0. The number of nitrogens with zero attached hydrogens (tertiary/aromatic N) is 3. The summed E-state index contributed by atoms with van der Waals surface area (Å²) < 4.78 is 0.873. The molecule has 1 aromatic rings. The van der Waals surface area contributed by atoms with Gasteiger partial charge in [-0.2, -0.15) is 0 Å². The second-order valence-corrected chi connectivity index (χ2v) is 4.89. The van der Waals surface area contributed by atoms with Crippen LogP contribution in [-0.2, 0) is 0 Å². The van der Waals surface area contributed by atoms with Gasteiger partial charge in [0.15, 0.2) is 0 Å². The predicted molar refractivity (Wildman–Crippen MR) is 62.9 cm³/mol. The highest BCUT2D eigenvalue weighted by Gasteiger charge is 2.24. The van der Waals surface area contributed by atoms with Gasteiger partial charge < -0.3 is 4.90 Å². The second-order valence-electron chi connectivity index (χ2n) is 3.71. The molecule has 1 heterocycles. The van der Waals surface area contributed by atoms with E-state index in [9.17, 15) is 0 Å². The Morgan fingerprint density at radius 2 is 1.93 bits per heavy atom. The first kappa shape index (κ1) is 11.7. The molecule has 1 rings (SSSR count). The molecular formula is C9H13BrClN3. The van der Waals surface area contributed by atoms with Crippen LogP contribution in [-0.4, -0.2) is 28.4 Å². The SMILES string of the molecule is CN(c1ncc(Br)cn1)C(C)(C)CCl. The molecule has 14 heavy (non-hydrogen) atoms. The predicted octanol–water partition coefficient (Wildman–Crippen LogP) is 2.69. The molecule has 0 fully saturated rings. The number of halogens is 2. The number of hydrogen-bond acceptors (Lipinski definition) is 3. The van der Waals surface area contributed by atoms with Crippen LogP contribution >= 0.6 is 27.5 Å². The number of hydrogen-bond donors (Lipinski definition) is 0. The van der Waals surface area contributed by atoms with Crippen molar-refractivity contribution in [3.05, 3.63) is 16.9 Å². The Kier molecular flexibility index (Phi) is 3.72.